The van der Waals surface area contributed by atoms with Gasteiger partial charge in [-0.25, -0.2) is 0 Å². The van der Waals surface area contributed by atoms with E-state index in [-0.39, 0.29) is 0 Å². The van der Waals surface area contributed by atoms with Gasteiger partial charge in [-0.3, -0.25) is 0 Å². The van der Waals surface area contributed by atoms with Crippen molar-refractivity contribution in [3.05, 3.63) is 182 Å². The summed E-state index contributed by atoms with van der Waals surface area (Å²) in [5.41, 5.74) is 11.8. The molecular formula is C42H30N2. The zero-order valence-corrected chi connectivity index (χ0v) is 24.2. The van der Waals surface area contributed by atoms with E-state index < -0.39 is 0 Å². The predicted molar refractivity (Wildman–Crippen MR) is 186 cm³/mol. The third-order valence-corrected chi connectivity index (χ3v) is 8.39. The number of anilines is 3. The van der Waals surface area contributed by atoms with Gasteiger partial charge < -0.3 is 9.47 Å². The summed E-state index contributed by atoms with van der Waals surface area (Å²) in [5.74, 6) is 0. The van der Waals surface area contributed by atoms with Crippen LogP contribution in [0.5, 0.6) is 0 Å². The number of nitrogens with zero attached hydrogens (tertiary/aromatic N) is 2. The van der Waals surface area contributed by atoms with Gasteiger partial charge in [0, 0.05) is 33.4 Å². The van der Waals surface area contributed by atoms with Crippen LogP contribution < -0.4 is 4.90 Å². The molecule has 44 heavy (non-hydrogen) atoms. The maximum atomic E-state index is 2.41. The average molecular weight is 563 g/mol. The van der Waals surface area contributed by atoms with Crippen LogP contribution >= 0.6 is 0 Å². The fourth-order valence-corrected chi connectivity index (χ4v) is 6.35. The molecule has 0 aliphatic heterocycles. The Morgan fingerprint density at radius 3 is 1.57 bits per heavy atom. The van der Waals surface area contributed by atoms with Crippen molar-refractivity contribution in [2.75, 3.05) is 4.90 Å². The maximum Gasteiger partial charge on any atom is 0.0541 e. The lowest BCUT2D eigenvalue weighted by atomic mass is 10.0. The molecule has 0 bridgehead atoms. The van der Waals surface area contributed by atoms with Crippen molar-refractivity contribution in [3.63, 3.8) is 0 Å². The van der Waals surface area contributed by atoms with Crippen LogP contribution in [0.25, 0.3) is 49.7 Å². The summed E-state index contributed by atoms with van der Waals surface area (Å²) in [7, 11) is 0. The second-order valence-corrected chi connectivity index (χ2v) is 11.0. The van der Waals surface area contributed by atoms with Crippen LogP contribution in [-0.4, -0.2) is 4.57 Å². The lowest BCUT2D eigenvalue weighted by Gasteiger charge is -2.25. The van der Waals surface area contributed by atoms with Gasteiger partial charge in [-0.05, 0) is 77.4 Å². The number of benzene rings is 7. The fourth-order valence-electron chi connectivity index (χ4n) is 6.35. The molecule has 2 heteroatoms. The summed E-state index contributed by atoms with van der Waals surface area (Å²) >= 11 is 0. The molecular weight excluding hydrogens is 532 g/mol. The van der Waals surface area contributed by atoms with Gasteiger partial charge in [0.15, 0.2) is 0 Å². The summed E-state index contributed by atoms with van der Waals surface area (Å²) in [6.07, 6.45) is 0. The van der Waals surface area contributed by atoms with Crippen molar-refractivity contribution in [1.82, 2.24) is 4.57 Å². The van der Waals surface area contributed by atoms with Crippen LogP contribution in [0.1, 0.15) is 0 Å². The van der Waals surface area contributed by atoms with E-state index in [0.29, 0.717) is 0 Å². The smallest absolute Gasteiger partial charge is 0.0541 e. The van der Waals surface area contributed by atoms with Gasteiger partial charge in [0.25, 0.3) is 0 Å². The second kappa shape index (κ2) is 11.1. The van der Waals surface area contributed by atoms with Crippen molar-refractivity contribution < 1.29 is 0 Å². The van der Waals surface area contributed by atoms with E-state index in [9.17, 15) is 0 Å². The van der Waals surface area contributed by atoms with Crippen LogP contribution in [0.3, 0.4) is 0 Å². The summed E-state index contributed by atoms with van der Waals surface area (Å²) in [6, 6.07) is 65.0. The van der Waals surface area contributed by atoms with E-state index in [1.54, 1.807) is 0 Å². The number of hydrogen-bond donors (Lipinski definition) is 0. The minimum absolute atomic E-state index is 1.13. The molecule has 208 valence electrons. The Balaban J connectivity index is 1.24. The van der Waals surface area contributed by atoms with Gasteiger partial charge in [-0.2, -0.15) is 0 Å². The first-order chi connectivity index (χ1) is 21.8. The van der Waals surface area contributed by atoms with Gasteiger partial charge >= 0.3 is 0 Å². The van der Waals surface area contributed by atoms with Crippen LogP contribution in [0.2, 0.25) is 0 Å². The maximum absolute atomic E-state index is 2.41. The normalized spacial score (nSPS) is 11.2. The molecule has 0 N–H and O–H groups in total. The number of fused-ring (bicyclic) bond motifs is 3. The molecule has 0 saturated carbocycles. The quantitative estimate of drug-likeness (QED) is 0.196. The highest BCUT2D eigenvalue weighted by Crippen LogP contribution is 2.39. The number of aromatic nitrogens is 1. The standard InChI is InChI=1S/C42H30N2/c1-4-14-32(15-5-1)37-20-10-12-22-40(37)44-41-23-13-11-21-38(41)39-30-33(26-29-42(39)44)31-24-27-36(28-25-31)43(34-16-6-2-7-17-34)35-18-8-3-9-19-35/h1-30H. The molecule has 8 rings (SSSR count). The highest BCUT2D eigenvalue weighted by atomic mass is 15.1. The van der Waals surface area contributed by atoms with E-state index in [2.05, 4.69) is 191 Å². The van der Waals surface area contributed by atoms with Gasteiger partial charge in [-0.1, -0.05) is 121 Å². The molecule has 0 amide bonds. The number of hydrogen-bond acceptors (Lipinski definition) is 1. The van der Waals surface area contributed by atoms with Crippen molar-refractivity contribution in [2.45, 2.75) is 0 Å². The molecule has 0 fully saturated rings. The van der Waals surface area contributed by atoms with Crippen LogP contribution in [0.15, 0.2) is 182 Å². The Morgan fingerprint density at radius 1 is 0.341 bits per heavy atom. The first-order valence-electron chi connectivity index (χ1n) is 15.0. The van der Waals surface area contributed by atoms with E-state index in [1.807, 2.05) is 0 Å². The van der Waals surface area contributed by atoms with Crippen LogP contribution in [0.4, 0.5) is 17.1 Å². The van der Waals surface area contributed by atoms with Crippen molar-refractivity contribution in [3.8, 4) is 27.9 Å². The molecule has 0 radical (unpaired) electrons. The Morgan fingerprint density at radius 2 is 0.864 bits per heavy atom. The van der Waals surface area contributed by atoms with E-state index in [4.69, 9.17) is 0 Å². The summed E-state index contributed by atoms with van der Waals surface area (Å²) in [6.45, 7) is 0. The molecule has 0 aliphatic rings. The second-order valence-electron chi connectivity index (χ2n) is 11.0. The van der Waals surface area contributed by atoms with Gasteiger partial charge in [0.2, 0.25) is 0 Å². The molecule has 0 unspecified atom stereocenters. The summed E-state index contributed by atoms with van der Waals surface area (Å²) in [5, 5.41) is 2.50. The first-order valence-corrected chi connectivity index (χ1v) is 15.0. The zero-order valence-electron chi connectivity index (χ0n) is 24.2. The number of rotatable bonds is 6. The molecule has 7 aromatic carbocycles. The third-order valence-electron chi connectivity index (χ3n) is 8.39. The van der Waals surface area contributed by atoms with Gasteiger partial charge in [0.1, 0.15) is 0 Å². The summed E-state index contributed by atoms with van der Waals surface area (Å²) < 4.78 is 2.41. The Kier molecular flexibility index (Phi) is 6.51. The zero-order chi connectivity index (χ0) is 29.3. The first kappa shape index (κ1) is 25.8. The SMILES string of the molecule is c1ccc(-c2ccccc2-n2c3ccccc3c3cc(-c4ccc(N(c5ccccc5)c5ccccc5)cc4)ccc32)cc1. The predicted octanol–water partition coefficient (Wildman–Crippen LogP) is 11.6. The Labute approximate surface area is 257 Å². The molecule has 8 aromatic rings. The van der Waals surface area contributed by atoms with E-state index >= 15 is 0 Å². The lowest BCUT2D eigenvalue weighted by Crippen LogP contribution is -2.09. The summed E-state index contributed by atoms with van der Waals surface area (Å²) in [4.78, 5) is 2.30. The molecule has 0 spiro atoms. The van der Waals surface area contributed by atoms with E-state index in [1.165, 1.54) is 49.7 Å². The van der Waals surface area contributed by atoms with Crippen molar-refractivity contribution in [1.29, 1.82) is 0 Å². The highest BCUT2D eigenvalue weighted by molar-refractivity contribution is 6.11. The van der Waals surface area contributed by atoms with Crippen molar-refractivity contribution in [2.24, 2.45) is 0 Å². The Hall–Kier alpha value is -5.86. The molecule has 0 aliphatic carbocycles. The van der Waals surface area contributed by atoms with Gasteiger partial charge in [0.05, 0.1) is 16.7 Å². The fraction of sp³-hybridized carbons (Fsp3) is 0. The van der Waals surface area contributed by atoms with Gasteiger partial charge in [-0.15, -0.1) is 0 Å². The largest absolute Gasteiger partial charge is 0.311 e. The van der Waals surface area contributed by atoms with Crippen LogP contribution in [-0.2, 0) is 0 Å². The van der Waals surface area contributed by atoms with Crippen LogP contribution in [0, 0.1) is 0 Å². The number of para-hydroxylation sites is 4. The molecule has 1 heterocycles. The van der Waals surface area contributed by atoms with E-state index in [0.717, 1.165) is 17.1 Å². The Bertz CT molecular complexity index is 2160. The minimum Gasteiger partial charge on any atom is -0.311 e. The average Bonchev–Trinajstić information content (AvgIpc) is 3.44. The molecule has 0 saturated heterocycles. The molecule has 0 atom stereocenters. The highest BCUT2D eigenvalue weighted by Gasteiger charge is 2.17. The molecule has 2 nitrogen and oxygen atoms in total. The minimum atomic E-state index is 1.13. The third kappa shape index (κ3) is 4.54. The molecule has 1 aromatic heterocycles. The topological polar surface area (TPSA) is 8.17 Å². The monoisotopic (exact) mass is 562 g/mol. The lowest BCUT2D eigenvalue weighted by molar-refractivity contribution is 1.18. The van der Waals surface area contributed by atoms with Crippen molar-refractivity contribution >= 4 is 38.9 Å².